The van der Waals surface area contributed by atoms with E-state index >= 15 is 0 Å². The van der Waals surface area contributed by atoms with E-state index in [0.29, 0.717) is 16.6 Å². The molecule has 3 heterocycles. The highest BCUT2D eigenvalue weighted by atomic mass is 32.1. The van der Waals surface area contributed by atoms with Crippen LogP contribution in [0, 0.1) is 0 Å². The molecule has 28 heavy (non-hydrogen) atoms. The third-order valence-electron chi connectivity index (χ3n) is 4.30. The molecule has 136 valence electrons. The highest BCUT2D eigenvalue weighted by molar-refractivity contribution is 7.16. The van der Waals surface area contributed by atoms with Crippen molar-refractivity contribution in [2.24, 2.45) is 0 Å². The van der Waals surface area contributed by atoms with Crippen molar-refractivity contribution in [3.8, 4) is 5.69 Å². The Morgan fingerprint density at radius 3 is 2.79 bits per heavy atom. The summed E-state index contributed by atoms with van der Waals surface area (Å²) < 4.78 is 3.55. The fourth-order valence-electron chi connectivity index (χ4n) is 2.92. The molecular formula is C19H12N6O2S. The lowest BCUT2D eigenvalue weighted by atomic mass is 10.2. The van der Waals surface area contributed by atoms with Gasteiger partial charge in [0, 0.05) is 5.56 Å². The summed E-state index contributed by atoms with van der Waals surface area (Å²) in [5.74, 6) is -0.408. The summed E-state index contributed by atoms with van der Waals surface area (Å²) in [6.07, 6.45) is 2.73. The van der Waals surface area contributed by atoms with Gasteiger partial charge in [-0.25, -0.2) is 19.3 Å². The molecule has 1 N–H and O–H groups in total. The van der Waals surface area contributed by atoms with Crippen LogP contribution in [0.5, 0.6) is 0 Å². The van der Waals surface area contributed by atoms with Crippen molar-refractivity contribution in [1.82, 2.24) is 24.4 Å². The summed E-state index contributed by atoms with van der Waals surface area (Å²) >= 11 is 1.45. The highest BCUT2D eigenvalue weighted by Crippen LogP contribution is 2.19. The number of nitrogens with zero attached hydrogens (tertiary/aromatic N) is 5. The van der Waals surface area contributed by atoms with Crippen molar-refractivity contribution >= 4 is 38.5 Å². The molecular weight excluding hydrogens is 376 g/mol. The van der Waals surface area contributed by atoms with Gasteiger partial charge in [0.2, 0.25) is 0 Å². The minimum absolute atomic E-state index is 0.310. The summed E-state index contributed by atoms with van der Waals surface area (Å²) in [5.41, 5.74) is 6.37. The van der Waals surface area contributed by atoms with E-state index in [-0.39, 0.29) is 0 Å². The van der Waals surface area contributed by atoms with Crippen LogP contribution in [-0.4, -0.2) is 30.3 Å². The van der Waals surface area contributed by atoms with Crippen molar-refractivity contribution in [2.45, 2.75) is 0 Å². The van der Waals surface area contributed by atoms with Crippen molar-refractivity contribution in [3.63, 3.8) is 0 Å². The second kappa shape index (κ2) is 6.39. The first-order valence-corrected chi connectivity index (χ1v) is 9.24. The number of carbonyl (C=O) groups is 1. The van der Waals surface area contributed by atoms with Crippen molar-refractivity contribution < 1.29 is 4.79 Å². The molecule has 1 amide bonds. The number of benzene rings is 2. The number of para-hydroxylation sites is 1. The van der Waals surface area contributed by atoms with Gasteiger partial charge in [0.05, 0.1) is 27.6 Å². The van der Waals surface area contributed by atoms with E-state index in [0.717, 1.165) is 20.6 Å². The van der Waals surface area contributed by atoms with E-state index in [9.17, 15) is 9.59 Å². The average Bonchev–Trinajstić information content (AvgIpc) is 3.37. The zero-order valence-electron chi connectivity index (χ0n) is 14.3. The summed E-state index contributed by atoms with van der Waals surface area (Å²) in [6, 6.07) is 14.6. The van der Waals surface area contributed by atoms with E-state index in [1.807, 2.05) is 30.3 Å². The fourth-order valence-corrected chi connectivity index (χ4v) is 3.64. The maximum atomic E-state index is 12.8. The number of amides is 1. The van der Waals surface area contributed by atoms with Gasteiger partial charge in [-0.05, 0) is 30.3 Å². The summed E-state index contributed by atoms with van der Waals surface area (Å²) in [4.78, 5) is 33.8. The maximum Gasteiger partial charge on any atom is 0.283 e. The molecule has 5 aromatic rings. The van der Waals surface area contributed by atoms with Gasteiger partial charge < -0.3 is 0 Å². The zero-order valence-corrected chi connectivity index (χ0v) is 15.1. The molecule has 0 radical (unpaired) electrons. The Labute approximate surface area is 161 Å². The standard InChI is InChI=1S/C19H12N6O2S/c26-18(12-6-7-15-16(8-12)28-11-21-15)23-24-10-20-17-14(19(24)27)9-22-25(17)13-4-2-1-3-5-13/h1-11H,(H,23,26). The Balaban J connectivity index is 1.50. The minimum atomic E-state index is -0.408. The van der Waals surface area contributed by atoms with Crippen molar-refractivity contribution in [2.75, 3.05) is 5.43 Å². The van der Waals surface area contributed by atoms with Gasteiger partial charge in [-0.1, -0.05) is 18.2 Å². The Bertz CT molecular complexity index is 1390. The van der Waals surface area contributed by atoms with Crippen molar-refractivity contribution in [1.29, 1.82) is 0 Å². The van der Waals surface area contributed by atoms with Gasteiger partial charge in [0.1, 0.15) is 11.7 Å². The lowest BCUT2D eigenvalue weighted by Crippen LogP contribution is -2.33. The lowest BCUT2D eigenvalue weighted by Gasteiger charge is -2.08. The number of rotatable bonds is 3. The fraction of sp³-hybridized carbons (Fsp3) is 0. The second-order valence-corrected chi connectivity index (χ2v) is 6.91. The highest BCUT2D eigenvalue weighted by Gasteiger charge is 2.14. The molecule has 0 bridgehead atoms. The predicted molar refractivity (Wildman–Crippen MR) is 106 cm³/mol. The largest absolute Gasteiger partial charge is 0.283 e. The van der Waals surface area contributed by atoms with Crippen LogP contribution >= 0.6 is 11.3 Å². The topological polar surface area (TPSA) is 94.7 Å². The lowest BCUT2D eigenvalue weighted by molar-refractivity contribution is 0.101. The molecule has 5 rings (SSSR count). The predicted octanol–water partition coefficient (Wildman–Crippen LogP) is 2.58. The van der Waals surface area contributed by atoms with Crippen LogP contribution in [0.2, 0.25) is 0 Å². The Morgan fingerprint density at radius 2 is 1.93 bits per heavy atom. The number of hydrogen-bond acceptors (Lipinski definition) is 6. The Morgan fingerprint density at radius 1 is 1.07 bits per heavy atom. The van der Waals surface area contributed by atoms with Gasteiger partial charge in [-0.15, -0.1) is 11.3 Å². The van der Waals surface area contributed by atoms with E-state index in [2.05, 4.69) is 20.5 Å². The average molecular weight is 388 g/mol. The molecule has 0 fully saturated rings. The molecule has 8 nitrogen and oxygen atoms in total. The molecule has 0 aliphatic rings. The quantitative estimate of drug-likeness (QED) is 0.513. The van der Waals surface area contributed by atoms with Crippen LogP contribution in [0.15, 0.2) is 71.4 Å². The Hall–Kier alpha value is -3.85. The number of carbonyl (C=O) groups excluding carboxylic acids is 1. The SMILES string of the molecule is O=C(Nn1cnc2c(cnn2-c2ccccc2)c1=O)c1ccc2ncsc2c1. The minimum Gasteiger partial charge on any atom is -0.267 e. The molecule has 0 spiro atoms. The van der Waals surface area contributed by atoms with Gasteiger partial charge >= 0.3 is 0 Å². The molecule has 2 aromatic carbocycles. The monoisotopic (exact) mass is 388 g/mol. The number of nitrogens with one attached hydrogen (secondary N) is 1. The van der Waals surface area contributed by atoms with Crippen LogP contribution in [0.3, 0.4) is 0 Å². The molecule has 0 aliphatic heterocycles. The van der Waals surface area contributed by atoms with Gasteiger partial charge in [0.15, 0.2) is 5.65 Å². The van der Waals surface area contributed by atoms with Crippen molar-refractivity contribution in [3.05, 3.63) is 82.5 Å². The molecule has 0 aliphatic carbocycles. The van der Waals surface area contributed by atoms with Crippen LogP contribution < -0.4 is 11.0 Å². The third-order valence-corrected chi connectivity index (χ3v) is 5.10. The van der Waals surface area contributed by atoms with E-state index in [1.54, 1.807) is 28.4 Å². The van der Waals surface area contributed by atoms with Gasteiger partial charge in [0.25, 0.3) is 11.5 Å². The smallest absolute Gasteiger partial charge is 0.267 e. The molecule has 3 aromatic heterocycles. The first-order chi connectivity index (χ1) is 13.7. The van der Waals surface area contributed by atoms with Crippen LogP contribution in [0.25, 0.3) is 26.9 Å². The third kappa shape index (κ3) is 2.65. The van der Waals surface area contributed by atoms with E-state index in [4.69, 9.17) is 0 Å². The van der Waals surface area contributed by atoms with E-state index < -0.39 is 11.5 Å². The first kappa shape index (κ1) is 16.3. The van der Waals surface area contributed by atoms with Crippen LogP contribution in [0.1, 0.15) is 10.4 Å². The molecule has 0 atom stereocenters. The summed E-state index contributed by atoms with van der Waals surface area (Å²) in [5, 5.41) is 4.57. The summed E-state index contributed by atoms with van der Waals surface area (Å²) in [7, 11) is 0. The van der Waals surface area contributed by atoms with Gasteiger partial charge in [-0.2, -0.15) is 5.10 Å². The number of fused-ring (bicyclic) bond motifs is 2. The maximum absolute atomic E-state index is 12.8. The number of aromatic nitrogens is 5. The molecule has 0 unspecified atom stereocenters. The van der Waals surface area contributed by atoms with Gasteiger partial charge in [-0.3, -0.25) is 15.0 Å². The first-order valence-electron chi connectivity index (χ1n) is 8.36. The zero-order chi connectivity index (χ0) is 19.1. The normalized spacial score (nSPS) is 11.1. The van der Waals surface area contributed by atoms with E-state index in [1.165, 1.54) is 23.9 Å². The number of thiazole rings is 1. The van der Waals surface area contributed by atoms with Crippen LogP contribution in [0.4, 0.5) is 0 Å². The Kier molecular flexibility index (Phi) is 3.73. The molecule has 9 heteroatoms. The second-order valence-electron chi connectivity index (χ2n) is 6.02. The summed E-state index contributed by atoms with van der Waals surface area (Å²) in [6.45, 7) is 0. The molecule has 0 saturated carbocycles. The number of hydrogen-bond donors (Lipinski definition) is 1. The van der Waals surface area contributed by atoms with Crippen LogP contribution in [-0.2, 0) is 0 Å². The molecule has 0 saturated heterocycles.